The topological polar surface area (TPSA) is 97.7 Å². The number of phenols is 1. The fraction of sp³-hybridized carbons (Fsp3) is 0.300. The van der Waals surface area contributed by atoms with Gasteiger partial charge in [-0.25, -0.2) is 0 Å². The number of anilines is 2. The number of phenolic OH excluding ortho intramolecular Hbond substituents is 1. The first-order valence-electron chi connectivity index (χ1n) is 9.24. The molecule has 4 N–H and O–H groups in total. The van der Waals surface area contributed by atoms with E-state index in [2.05, 4.69) is 15.3 Å². The molecule has 0 radical (unpaired) electrons. The van der Waals surface area contributed by atoms with Crippen LogP contribution in [-0.4, -0.2) is 28.3 Å². The molecule has 1 aliphatic heterocycles. The molecular formula is C20H20F3N5O2. The Hall–Kier alpha value is -3.43. The average Bonchev–Trinajstić information content (AvgIpc) is 3.15. The number of nitrogen functional groups attached to an aromatic ring is 1. The summed E-state index contributed by atoms with van der Waals surface area (Å²) in [4.78, 5) is 9.12. The highest BCUT2D eigenvalue weighted by molar-refractivity contribution is 5.83. The molecule has 1 aliphatic rings. The predicted molar refractivity (Wildman–Crippen MR) is 106 cm³/mol. The number of ether oxygens (including phenoxy) is 1. The van der Waals surface area contributed by atoms with Crippen molar-refractivity contribution in [1.29, 1.82) is 0 Å². The lowest BCUT2D eigenvalue weighted by Gasteiger charge is -2.14. The van der Waals surface area contributed by atoms with Crippen molar-refractivity contribution in [3.8, 4) is 11.5 Å². The quantitative estimate of drug-likeness (QED) is 0.565. The van der Waals surface area contributed by atoms with Crippen molar-refractivity contribution in [2.75, 3.05) is 24.7 Å². The van der Waals surface area contributed by atoms with Crippen molar-refractivity contribution in [3.05, 3.63) is 46.9 Å². The number of hydrogen-bond donors (Lipinski definition) is 3. The molecule has 0 bridgehead atoms. The summed E-state index contributed by atoms with van der Waals surface area (Å²) in [5, 5.41) is 14.0. The van der Waals surface area contributed by atoms with Gasteiger partial charge in [0, 0.05) is 30.2 Å². The molecule has 1 atom stereocenters. The molecule has 0 saturated heterocycles. The van der Waals surface area contributed by atoms with E-state index in [9.17, 15) is 18.3 Å². The van der Waals surface area contributed by atoms with Gasteiger partial charge in [-0.05, 0) is 36.8 Å². The van der Waals surface area contributed by atoms with Gasteiger partial charge in [0.05, 0.1) is 24.2 Å². The number of nitrogens with zero attached hydrogens (tertiary/aromatic N) is 3. The summed E-state index contributed by atoms with van der Waals surface area (Å²) < 4.78 is 46.6. The largest absolute Gasteiger partial charge is 0.504 e. The first-order chi connectivity index (χ1) is 14.2. The minimum absolute atomic E-state index is 0.0115. The molecule has 0 spiro atoms. The van der Waals surface area contributed by atoms with Crippen LogP contribution in [0.4, 0.5) is 24.8 Å². The highest BCUT2D eigenvalue weighted by Gasteiger charge is 2.31. The number of aromatic nitrogens is 2. The monoisotopic (exact) mass is 419 g/mol. The Morgan fingerprint density at radius 2 is 2.03 bits per heavy atom. The molecule has 10 heteroatoms. The van der Waals surface area contributed by atoms with Crippen LogP contribution in [0.5, 0.6) is 11.5 Å². The van der Waals surface area contributed by atoms with E-state index in [1.807, 2.05) is 4.57 Å². The summed E-state index contributed by atoms with van der Waals surface area (Å²) in [5.74, 6) is 0.798. The smallest absolute Gasteiger partial charge is 0.416 e. The van der Waals surface area contributed by atoms with Gasteiger partial charge in [0.1, 0.15) is 0 Å². The molecule has 0 fully saturated rings. The number of aromatic hydroxyl groups is 1. The number of alkyl halides is 3. The third kappa shape index (κ3) is 3.49. The van der Waals surface area contributed by atoms with E-state index < -0.39 is 17.8 Å². The maximum atomic E-state index is 13.2. The van der Waals surface area contributed by atoms with Crippen LogP contribution < -0.4 is 21.3 Å². The summed E-state index contributed by atoms with van der Waals surface area (Å²) in [6.07, 6.45) is -4.51. The number of nitrogens with one attached hydrogen (secondary N) is 1. The Bertz CT molecular complexity index is 1200. The Labute approximate surface area is 169 Å². The summed E-state index contributed by atoms with van der Waals surface area (Å²) in [6.45, 7) is 3.00. The molecular weight excluding hydrogens is 399 g/mol. The Balaban J connectivity index is 1.91. The molecule has 4 rings (SSSR count). The number of fused-ring (bicyclic) bond motifs is 3. The summed E-state index contributed by atoms with van der Waals surface area (Å²) in [6, 6.07) is 5.95. The molecule has 2 heterocycles. The van der Waals surface area contributed by atoms with Crippen molar-refractivity contribution in [3.63, 3.8) is 0 Å². The van der Waals surface area contributed by atoms with E-state index in [-0.39, 0.29) is 17.2 Å². The van der Waals surface area contributed by atoms with Gasteiger partial charge in [-0.1, -0.05) is 0 Å². The van der Waals surface area contributed by atoms with Gasteiger partial charge < -0.3 is 25.5 Å². The van der Waals surface area contributed by atoms with Crippen LogP contribution >= 0.6 is 0 Å². The Kier molecular flexibility index (Phi) is 4.71. The summed E-state index contributed by atoms with van der Waals surface area (Å²) in [5.41, 5.74) is 6.22. The maximum Gasteiger partial charge on any atom is 0.416 e. The zero-order valence-electron chi connectivity index (χ0n) is 16.3. The number of hydrogen-bond acceptors (Lipinski definition) is 6. The lowest BCUT2D eigenvalue weighted by molar-refractivity contribution is -0.137. The zero-order valence-corrected chi connectivity index (χ0v) is 16.3. The zero-order chi connectivity index (χ0) is 21.6. The number of rotatable bonds is 3. The normalized spacial score (nSPS) is 15.2. The Morgan fingerprint density at radius 1 is 1.27 bits per heavy atom. The van der Waals surface area contributed by atoms with Crippen LogP contribution in [0.25, 0.3) is 10.9 Å². The molecule has 30 heavy (non-hydrogen) atoms. The minimum atomic E-state index is -4.51. The van der Waals surface area contributed by atoms with Crippen molar-refractivity contribution >= 4 is 22.5 Å². The van der Waals surface area contributed by atoms with Crippen LogP contribution in [0.2, 0.25) is 0 Å². The van der Waals surface area contributed by atoms with E-state index in [1.54, 1.807) is 19.1 Å². The third-order valence-electron chi connectivity index (χ3n) is 5.02. The van der Waals surface area contributed by atoms with E-state index >= 15 is 0 Å². The number of halogens is 3. The molecule has 158 valence electrons. The van der Waals surface area contributed by atoms with Crippen molar-refractivity contribution in [1.82, 2.24) is 9.55 Å². The van der Waals surface area contributed by atoms with E-state index in [0.717, 1.165) is 12.1 Å². The third-order valence-corrected chi connectivity index (χ3v) is 5.02. The van der Waals surface area contributed by atoms with Crippen LogP contribution in [0.1, 0.15) is 24.1 Å². The van der Waals surface area contributed by atoms with Gasteiger partial charge in [0.25, 0.3) is 0 Å². The predicted octanol–water partition coefficient (Wildman–Crippen LogP) is 3.44. The second-order valence-electron chi connectivity index (χ2n) is 7.07. The van der Waals surface area contributed by atoms with E-state index in [4.69, 9.17) is 10.5 Å². The van der Waals surface area contributed by atoms with Crippen LogP contribution in [0, 0.1) is 0 Å². The SMILES string of the molecule is COc1cc2c(=N[C@H](C)c3cc(N)cc(C(F)(F)F)c3)nc3n(c2cc1O)CCN3. The lowest BCUT2D eigenvalue weighted by Crippen LogP contribution is -2.16. The van der Waals surface area contributed by atoms with Gasteiger partial charge in [0.15, 0.2) is 17.0 Å². The van der Waals surface area contributed by atoms with Gasteiger partial charge in [-0.3, -0.25) is 4.99 Å². The highest BCUT2D eigenvalue weighted by Crippen LogP contribution is 2.34. The van der Waals surface area contributed by atoms with Crippen molar-refractivity contribution in [2.45, 2.75) is 25.7 Å². The summed E-state index contributed by atoms with van der Waals surface area (Å²) in [7, 11) is 1.43. The maximum absolute atomic E-state index is 13.2. The lowest BCUT2D eigenvalue weighted by atomic mass is 10.0. The first kappa shape index (κ1) is 19.9. The number of benzene rings is 2. The van der Waals surface area contributed by atoms with Gasteiger partial charge >= 0.3 is 6.18 Å². The molecule has 2 aromatic carbocycles. The molecule has 0 saturated carbocycles. The van der Waals surface area contributed by atoms with E-state index in [1.165, 1.54) is 13.2 Å². The van der Waals surface area contributed by atoms with Gasteiger partial charge in [-0.2, -0.15) is 18.2 Å². The standard InChI is InChI=1S/C20H20F3N5O2/c1-10(11-5-12(20(21,22)23)7-13(24)6-11)26-18-14-8-17(30-2)16(29)9-15(14)28-4-3-25-19(28)27-18/h5-10,29H,3-4,24H2,1-2H3,(H,25,26,27)/t10-/m1/s1. The summed E-state index contributed by atoms with van der Waals surface area (Å²) >= 11 is 0. The van der Waals surface area contributed by atoms with E-state index in [0.29, 0.717) is 41.0 Å². The highest BCUT2D eigenvalue weighted by atomic mass is 19.4. The van der Waals surface area contributed by atoms with Gasteiger partial charge in [-0.15, -0.1) is 0 Å². The molecule has 0 unspecified atom stereocenters. The number of nitrogens with two attached hydrogens (primary N) is 1. The average molecular weight is 419 g/mol. The molecule has 7 nitrogen and oxygen atoms in total. The fourth-order valence-corrected chi connectivity index (χ4v) is 3.54. The van der Waals surface area contributed by atoms with Crippen LogP contribution in [-0.2, 0) is 12.7 Å². The molecule has 0 amide bonds. The van der Waals surface area contributed by atoms with Crippen LogP contribution in [0.15, 0.2) is 35.3 Å². The number of methoxy groups -OCH3 is 1. The van der Waals surface area contributed by atoms with Crippen molar-refractivity contribution in [2.24, 2.45) is 4.99 Å². The first-order valence-corrected chi connectivity index (χ1v) is 9.24. The van der Waals surface area contributed by atoms with Crippen LogP contribution in [0.3, 0.4) is 0 Å². The van der Waals surface area contributed by atoms with Crippen molar-refractivity contribution < 1.29 is 23.0 Å². The second-order valence-corrected chi connectivity index (χ2v) is 7.07. The fourth-order valence-electron chi connectivity index (χ4n) is 3.54. The second kappa shape index (κ2) is 7.12. The molecule has 0 aliphatic carbocycles. The molecule has 1 aromatic heterocycles. The Morgan fingerprint density at radius 3 is 2.73 bits per heavy atom. The minimum Gasteiger partial charge on any atom is -0.504 e. The van der Waals surface area contributed by atoms with Gasteiger partial charge in [0.2, 0.25) is 5.95 Å². The molecule has 3 aromatic rings.